The molecule has 118 heavy (non-hydrogen) atoms. The number of fused-ring (bicyclic) bond motifs is 4. The van der Waals surface area contributed by atoms with Gasteiger partial charge in [0.2, 0.25) is 23.6 Å². The Bertz CT molecular complexity index is 5790. The Kier molecular flexibility index (Phi) is 25.0. The number of rotatable bonds is 18. The van der Waals surface area contributed by atoms with Gasteiger partial charge in [0.1, 0.15) is 95.7 Å². The maximum absolute atomic E-state index is 14.7. The third-order valence-corrected chi connectivity index (χ3v) is 18.6. The molecular weight excluding hydrogens is 1630 g/mol. The van der Waals surface area contributed by atoms with Crippen molar-refractivity contribution in [3.05, 3.63) is 144 Å². The van der Waals surface area contributed by atoms with Crippen LogP contribution < -0.4 is 41.3 Å². The average Bonchev–Trinajstić information content (AvgIpc) is 1.65. The van der Waals surface area contributed by atoms with Crippen LogP contribution in [0.2, 0.25) is 10.0 Å². The van der Waals surface area contributed by atoms with Crippen LogP contribution in [0.4, 0.5) is 89.1 Å². The van der Waals surface area contributed by atoms with Crippen LogP contribution in [0.3, 0.4) is 0 Å². The third kappa shape index (κ3) is 19.5. The van der Waals surface area contributed by atoms with Gasteiger partial charge in [-0.15, -0.1) is 0 Å². The summed E-state index contributed by atoms with van der Waals surface area (Å²) in [4.78, 5) is 112. The molecule has 4 amide bonds. The number of H-pyrrole nitrogens is 4. The first-order valence-corrected chi connectivity index (χ1v) is 36.0. The molecule has 15 rings (SSSR count). The number of amides is 4. The smallest absolute Gasteiger partial charge is 0.356 e. The van der Waals surface area contributed by atoms with E-state index in [1.165, 1.54) is 34.9 Å². The Morgan fingerprint density at radius 3 is 1.49 bits per heavy atom. The lowest BCUT2D eigenvalue weighted by atomic mass is 10.0. The van der Waals surface area contributed by atoms with E-state index in [-0.39, 0.29) is 62.2 Å². The lowest BCUT2D eigenvalue weighted by Gasteiger charge is -2.27. The fourth-order valence-electron chi connectivity index (χ4n) is 12.9. The maximum atomic E-state index is 14.7. The summed E-state index contributed by atoms with van der Waals surface area (Å²) >= 11 is 12.1. The van der Waals surface area contributed by atoms with Gasteiger partial charge in [-0.1, -0.05) is 23.2 Å². The zero-order valence-electron chi connectivity index (χ0n) is 61.2. The predicted molar refractivity (Wildman–Crippen MR) is 404 cm³/mol. The molecule has 12 aromatic heterocycles. The van der Waals surface area contributed by atoms with Gasteiger partial charge < -0.3 is 61.2 Å². The van der Waals surface area contributed by atoms with Crippen LogP contribution >= 0.6 is 23.2 Å². The average molecular weight is 1700 g/mol. The second kappa shape index (κ2) is 34.9. The van der Waals surface area contributed by atoms with Crippen molar-refractivity contribution in [2.75, 3.05) is 66.0 Å². The quantitative estimate of drug-likeness (QED) is 0.0360. The number of halogens is 17. The first-order chi connectivity index (χ1) is 56.0. The normalized spacial score (nSPS) is 17.2. The zero-order chi connectivity index (χ0) is 84.9. The summed E-state index contributed by atoms with van der Waals surface area (Å²) in [6, 6.07) is 4.81. The fraction of sp³-hybridized carbons (Fsp3) is 0.319. The molecule has 0 saturated carbocycles. The highest BCUT2D eigenvalue weighted by Gasteiger charge is 2.50. The minimum absolute atomic E-state index is 0. The maximum Gasteiger partial charge on any atom is 0.405 e. The molecule has 0 unspecified atom stereocenters. The van der Waals surface area contributed by atoms with Gasteiger partial charge in [0.05, 0.1) is 60.2 Å². The number of anilines is 4. The Labute approximate surface area is 669 Å². The van der Waals surface area contributed by atoms with Crippen molar-refractivity contribution in [3.63, 3.8) is 0 Å². The molecule has 5 atom stereocenters. The van der Waals surface area contributed by atoms with Gasteiger partial charge in [0.25, 0.3) is 5.92 Å². The van der Waals surface area contributed by atoms with E-state index in [1.807, 2.05) is 13.0 Å². The van der Waals surface area contributed by atoms with E-state index in [0.29, 0.717) is 85.4 Å². The van der Waals surface area contributed by atoms with E-state index in [9.17, 15) is 90.3 Å². The van der Waals surface area contributed by atoms with Crippen molar-refractivity contribution >= 4 is 114 Å². The van der Waals surface area contributed by atoms with Gasteiger partial charge in [-0.05, 0) is 63.9 Å². The standard InChI is InChI=1S/C19H16ClF2N7O.C18H13F7N6O.C18H14F6N6O.C17H19ClN6O.3H2/c20-10-5-12-13(8-26-16(12)25-7-10)17-27-9-14(22)18(28-17)29-11(6-23)1-2-15(29)19(30)24-4-3-21;19-8-1-9-10(4-27-13(9)26-3-8)14-28-5-11(20)15(30-14)31-7-17(21,22)2-12(31)16(32)29-6-18(23,24)25;19-8-1-10-11(4-26-14(10)25-3-8)15-27-5-12(21)16(29-15)30-6-9(20)2-13(30)17(31)28-7-18(22,23)24;1-4-19-16(25)17(2,3)24-13-5-6-20-15(23-13)12-9-22-14-11(12)7-10(18)8-21-14;;;/h5,7-9,11,15H,1-4H2,(H,24,30)(H,25,26);1,3-5,12H,2,6-7H2,(H,26,27)(H,29,32);1,3-5,9,13H,2,6-7H2,(H,25,26)(H,28,31);5-9H,4H2,1-3H3,(H,19,25)(H,21,22)(H,20,23,24);3*1H/t11-,15+;12-;9-,13+;;;;/m010..../s1. The molecule has 3 aliphatic heterocycles. The van der Waals surface area contributed by atoms with Crippen LogP contribution in [0.25, 0.3) is 89.7 Å². The third-order valence-electron chi connectivity index (χ3n) is 18.2. The van der Waals surface area contributed by atoms with Crippen molar-refractivity contribution < 1.29 is 89.3 Å². The molecular formula is C72H68Cl2F15N25O4. The molecule has 3 fully saturated rings. The number of nitrogens with one attached hydrogen (secondary N) is 9. The van der Waals surface area contributed by atoms with E-state index >= 15 is 0 Å². The molecule has 0 aromatic carbocycles. The Hall–Kier alpha value is -12.8. The first kappa shape index (κ1) is 84.6. The Morgan fingerprint density at radius 1 is 0.576 bits per heavy atom. The summed E-state index contributed by atoms with van der Waals surface area (Å²) in [5.74, 6) is -11.0. The number of aromatic nitrogens is 16. The summed E-state index contributed by atoms with van der Waals surface area (Å²) in [5.41, 5.74) is 2.85. The number of alkyl halides is 10. The number of carbonyl (C=O) groups is 4. The summed E-state index contributed by atoms with van der Waals surface area (Å²) < 4.78 is 200. The highest BCUT2D eigenvalue weighted by atomic mass is 35.5. The second-order valence-electron chi connectivity index (χ2n) is 27.0. The van der Waals surface area contributed by atoms with Crippen molar-refractivity contribution in [2.45, 2.75) is 101 Å². The number of hydrogen-bond donors (Lipinski definition) is 9. The molecule has 0 radical (unpaired) electrons. The molecule has 3 aliphatic rings. The van der Waals surface area contributed by atoms with E-state index in [0.717, 1.165) is 46.7 Å². The molecule has 0 aliphatic carbocycles. The van der Waals surface area contributed by atoms with Crippen LogP contribution in [-0.2, 0) is 19.2 Å². The number of hydrogen-bond acceptors (Lipinski definition) is 21. The molecule has 46 heteroatoms. The molecule has 15 heterocycles. The topological polar surface area (TPSA) is 380 Å². The van der Waals surface area contributed by atoms with Gasteiger partial charge in [-0.25, -0.2) is 99.3 Å². The van der Waals surface area contributed by atoms with Crippen molar-refractivity contribution in [3.8, 4) is 51.6 Å². The summed E-state index contributed by atoms with van der Waals surface area (Å²) in [6.07, 6.45) is 3.45. The van der Waals surface area contributed by atoms with Crippen LogP contribution in [0.15, 0.2) is 105 Å². The molecule has 9 N–H and O–H groups in total. The monoisotopic (exact) mass is 1700 g/mol. The minimum Gasteiger partial charge on any atom is -0.356 e. The van der Waals surface area contributed by atoms with E-state index in [4.69, 9.17) is 23.2 Å². The largest absolute Gasteiger partial charge is 0.405 e. The van der Waals surface area contributed by atoms with Crippen molar-refractivity contribution in [1.29, 1.82) is 5.26 Å². The van der Waals surface area contributed by atoms with Gasteiger partial charge in [-0.3, -0.25) is 19.2 Å². The lowest BCUT2D eigenvalue weighted by molar-refractivity contribution is -0.139. The summed E-state index contributed by atoms with van der Waals surface area (Å²) in [6.45, 7) is 0.269. The second-order valence-corrected chi connectivity index (χ2v) is 27.8. The van der Waals surface area contributed by atoms with Crippen LogP contribution in [0, 0.1) is 40.4 Å². The zero-order valence-corrected chi connectivity index (χ0v) is 62.7. The lowest BCUT2D eigenvalue weighted by Crippen LogP contribution is -2.48. The SMILES string of the molecule is CCNC(=O)C(C)(C)Nc1ccnc(-c2c[nH]c3ncc(Cl)cc23)n1.N#C[C@@H]1CC[C@H](C(=O)NCCF)N1c1nc(-c2c[nH]c3ncc(Cl)cc23)ncc1F.O=C(NCC(F)(F)F)[C@H]1CC(F)(F)CN1c1nc(-c2c[nH]c3ncc(F)cc23)ncc1F.O=C(NCC(F)(F)F)[C@H]1C[C@H](F)CN1c1nc(-c2c[nH]c3ncc(F)cc23)ncc1F.[HH].[HH].[HH]. The number of carbonyl (C=O) groups excluding carboxylic acids is 4. The minimum atomic E-state index is -4.76. The number of pyridine rings is 4. The van der Waals surface area contributed by atoms with Crippen LogP contribution in [0.5, 0.6) is 0 Å². The number of nitrogens with zero attached hydrogens (tertiary/aromatic N) is 16. The van der Waals surface area contributed by atoms with Gasteiger partial charge in [0.15, 0.2) is 58.2 Å². The highest BCUT2D eigenvalue weighted by Crippen LogP contribution is 2.40. The van der Waals surface area contributed by atoms with E-state index in [1.54, 1.807) is 56.1 Å². The highest BCUT2D eigenvalue weighted by molar-refractivity contribution is 6.31. The summed E-state index contributed by atoms with van der Waals surface area (Å²) in [7, 11) is 0. The molecule has 0 bridgehead atoms. The van der Waals surface area contributed by atoms with Crippen molar-refractivity contribution in [2.24, 2.45) is 0 Å². The van der Waals surface area contributed by atoms with Gasteiger partial charge in [-0.2, -0.15) is 31.6 Å². The van der Waals surface area contributed by atoms with E-state index < -0.39 is 158 Å². The number of aromatic amines is 4. The Balaban J connectivity index is 0.000000183. The van der Waals surface area contributed by atoms with Gasteiger partial charge in [0, 0.05) is 117 Å². The first-order valence-electron chi connectivity index (χ1n) is 35.2. The van der Waals surface area contributed by atoms with Crippen molar-refractivity contribution in [1.82, 2.24) is 101 Å². The molecule has 12 aromatic rings. The molecule has 624 valence electrons. The van der Waals surface area contributed by atoms with Crippen LogP contribution in [-0.4, -0.2) is 203 Å². The molecule has 29 nitrogen and oxygen atoms in total. The molecule has 3 saturated heterocycles. The Morgan fingerprint density at radius 2 is 1.02 bits per heavy atom. The number of nitriles is 1. The van der Waals surface area contributed by atoms with Crippen LogP contribution in [0.1, 0.15) is 50.7 Å². The predicted octanol–water partition coefficient (Wildman–Crippen LogP) is 12.6. The summed E-state index contributed by atoms with van der Waals surface area (Å²) in [5, 5.41) is 24.1. The molecule has 0 spiro atoms. The van der Waals surface area contributed by atoms with Gasteiger partial charge >= 0.3 is 12.4 Å². The fourth-order valence-corrected chi connectivity index (χ4v) is 13.3. The number of likely N-dealkylation sites (N-methyl/N-ethyl adjacent to an activating group) is 1. The van der Waals surface area contributed by atoms with E-state index in [2.05, 4.69) is 102 Å².